The van der Waals surface area contributed by atoms with E-state index in [1.165, 1.54) is 32.4 Å². The average Bonchev–Trinajstić information content (AvgIpc) is 2.79. The number of carbonyl (C=O) groups is 2. The van der Waals surface area contributed by atoms with E-state index >= 15 is 0 Å². The second-order valence-corrected chi connectivity index (χ2v) is 6.12. The van der Waals surface area contributed by atoms with Crippen LogP contribution >= 0.6 is 0 Å². The lowest BCUT2D eigenvalue weighted by molar-refractivity contribution is -0.139. The van der Waals surface area contributed by atoms with Gasteiger partial charge in [-0.3, -0.25) is 4.79 Å². The Morgan fingerprint density at radius 1 is 1.03 bits per heavy atom. The lowest BCUT2D eigenvalue weighted by atomic mass is 10.1. The van der Waals surface area contributed by atoms with Crippen molar-refractivity contribution in [1.29, 1.82) is 5.26 Å². The third-order valence-electron chi connectivity index (χ3n) is 4.15. The fourth-order valence-corrected chi connectivity index (χ4v) is 2.62. The van der Waals surface area contributed by atoms with Crippen molar-refractivity contribution in [3.05, 3.63) is 53.1 Å². The van der Waals surface area contributed by atoms with Crippen LogP contribution < -0.4 is 24.3 Å². The van der Waals surface area contributed by atoms with Gasteiger partial charge in [0.05, 0.1) is 21.3 Å². The number of nitrogens with zero attached hydrogens (tertiary/aromatic N) is 1. The predicted octanol–water partition coefficient (Wildman–Crippen LogP) is 2.40. The highest BCUT2D eigenvalue weighted by molar-refractivity contribution is 6.01. The molecule has 0 radical (unpaired) electrons. The lowest BCUT2D eigenvalue weighted by Crippen LogP contribution is -2.24. The summed E-state index contributed by atoms with van der Waals surface area (Å²) in [5.74, 6) is -0.0149. The highest BCUT2D eigenvalue weighted by atomic mass is 16.5. The number of rotatable bonds is 10. The summed E-state index contributed by atoms with van der Waals surface area (Å²) in [6.45, 7) is -0.372. The van der Waals surface area contributed by atoms with Crippen molar-refractivity contribution in [3.63, 3.8) is 0 Å². The number of ether oxygens (including phenoxy) is 4. The van der Waals surface area contributed by atoms with Gasteiger partial charge >= 0.3 is 5.97 Å². The first kappa shape index (κ1) is 23.1. The first-order valence-electron chi connectivity index (χ1n) is 9.05. The van der Waals surface area contributed by atoms with Crippen molar-refractivity contribution in [2.45, 2.75) is 6.54 Å². The maximum atomic E-state index is 12.5. The third kappa shape index (κ3) is 6.40. The molecule has 0 aliphatic rings. The van der Waals surface area contributed by atoms with E-state index in [4.69, 9.17) is 24.1 Å². The van der Waals surface area contributed by atoms with Gasteiger partial charge in [0.25, 0.3) is 5.91 Å². The third-order valence-corrected chi connectivity index (χ3v) is 4.15. The van der Waals surface area contributed by atoms with E-state index in [2.05, 4.69) is 5.32 Å². The molecule has 0 aromatic heterocycles. The number of hydrogen-bond acceptors (Lipinski definition) is 7. The van der Waals surface area contributed by atoms with E-state index in [1.54, 1.807) is 31.4 Å². The molecule has 162 valence electrons. The Hall–Kier alpha value is -4.19. The van der Waals surface area contributed by atoms with Gasteiger partial charge in [-0.25, -0.2) is 4.79 Å². The number of methoxy groups -OCH3 is 3. The minimum atomic E-state index is -1.12. The molecule has 2 aromatic rings. The number of hydrogen-bond donors (Lipinski definition) is 2. The Morgan fingerprint density at radius 3 is 2.39 bits per heavy atom. The minimum Gasteiger partial charge on any atom is -0.497 e. The highest BCUT2D eigenvalue weighted by Gasteiger charge is 2.13. The second kappa shape index (κ2) is 11.1. The second-order valence-electron chi connectivity index (χ2n) is 6.12. The first-order valence-corrected chi connectivity index (χ1v) is 9.05. The zero-order chi connectivity index (χ0) is 22.8. The normalized spacial score (nSPS) is 10.6. The Bertz CT molecular complexity index is 1030. The highest BCUT2D eigenvalue weighted by Crippen LogP contribution is 2.29. The number of benzene rings is 2. The lowest BCUT2D eigenvalue weighted by Gasteiger charge is -2.11. The van der Waals surface area contributed by atoms with Gasteiger partial charge in [-0.2, -0.15) is 5.26 Å². The molecule has 0 heterocycles. The van der Waals surface area contributed by atoms with Crippen LogP contribution in [0.1, 0.15) is 11.1 Å². The van der Waals surface area contributed by atoms with Crippen molar-refractivity contribution < 1.29 is 33.6 Å². The molecule has 2 rings (SSSR count). The molecule has 9 nitrogen and oxygen atoms in total. The minimum absolute atomic E-state index is 0.117. The van der Waals surface area contributed by atoms with Crippen LogP contribution in [-0.4, -0.2) is 44.9 Å². The van der Waals surface area contributed by atoms with Gasteiger partial charge in [0.2, 0.25) is 0 Å². The van der Waals surface area contributed by atoms with Gasteiger partial charge in [0.15, 0.2) is 18.1 Å². The van der Waals surface area contributed by atoms with Crippen LogP contribution in [-0.2, 0) is 16.1 Å². The molecule has 31 heavy (non-hydrogen) atoms. The van der Waals surface area contributed by atoms with E-state index in [9.17, 15) is 14.9 Å². The SMILES string of the molecule is COc1ccc(CNC(=O)/C(C#N)=C/c2ccc(OCC(=O)O)c(OC)c2)c(OC)c1. The van der Waals surface area contributed by atoms with Crippen LogP contribution in [0.2, 0.25) is 0 Å². The number of carbonyl (C=O) groups excluding carboxylic acids is 1. The molecule has 9 heteroatoms. The van der Waals surface area contributed by atoms with Gasteiger partial charge < -0.3 is 29.4 Å². The van der Waals surface area contributed by atoms with Crippen LogP contribution in [0.5, 0.6) is 23.0 Å². The van der Waals surface area contributed by atoms with E-state index in [1.807, 2.05) is 6.07 Å². The average molecular weight is 426 g/mol. The number of nitrogens with one attached hydrogen (secondary N) is 1. The molecule has 0 atom stereocenters. The van der Waals surface area contributed by atoms with Crippen LogP contribution in [0.15, 0.2) is 42.0 Å². The van der Waals surface area contributed by atoms with Crippen molar-refractivity contribution in [3.8, 4) is 29.1 Å². The number of aliphatic carboxylic acids is 1. The smallest absolute Gasteiger partial charge is 0.341 e. The van der Waals surface area contributed by atoms with Crippen molar-refractivity contribution in [2.24, 2.45) is 0 Å². The van der Waals surface area contributed by atoms with Gasteiger partial charge in [-0.15, -0.1) is 0 Å². The van der Waals surface area contributed by atoms with E-state index in [0.717, 1.165) is 5.56 Å². The molecule has 0 fully saturated rings. The number of amides is 1. The molecule has 2 aromatic carbocycles. The quantitative estimate of drug-likeness (QED) is 0.438. The zero-order valence-corrected chi connectivity index (χ0v) is 17.3. The summed E-state index contributed by atoms with van der Waals surface area (Å²) in [4.78, 5) is 23.1. The van der Waals surface area contributed by atoms with Gasteiger partial charge in [-0.1, -0.05) is 6.07 Å². The molecular weight excluding hydrogens is 404 g/mol. The Labute approximate surface area is 179 Å². The van der Waals surface area contributed by atoms with E-state index in [-0.39, 0.29) is 23.6 Å². The Morgan fingerprint density at radius 2 is 1.77 bits per heavy atom. The molecule has 0 saturated heterocycles. The molecule has 0 unspecified atom stereocenters. The number of carboxylic acids is 1. The molecule has 0 aliphatic heterocycles. The number of nitriles is 1. The van der Waals surface area contributed by atoms with Crippen molar-refractivity contribution in [1.82, 2.24) is 5.32 Å². The molecule has 0 saturated carbocycles. The summed E-state index contributed by atoms with van der Waals surface area (Å²) in [6.07, 6.45) is 1.39. The monoisotopic (exact) mass is 426 g/mol. The predicted molar refractivity (Wildman–Crippen MR) is 111 cm³/mol. The van der Waals surface area contributed by atoms with Gasteiger partial charge in [-0.05, 0) is 35.9 Å². The molecule has 2 N–H and O–H groups in total. The first-order chi connectivity index (χ1) is 14.9. The summed E-state index contributed by atoms with van der Waals surface area (Å²) in [7, 11) is 4.45. The Balaban J connectivity index is 2.15. The maximum Gasteiger partial charge on any atom is 0.341 e. The van der Waals surface area contributed by atoms with E-state index < -0.39 is 18.5 Å². The van der Waals surface area contributed by atoms with E-state index in [0.29, 0.717) is 17.1 Å². The zero-order valence-electron chi connectivity index (χ0n) is 17.3. The molecule has 0 spiro atoms. The standard InChI is InChI=1S/C22H22N2O7/c1-28-17-6-5-15(19(10-17)29-2)12-24-22(27)16(11-23)8-14-4-7-18(20(9-14)30-3)31-13-21(25)26/h4-10H,12-13H2,1-3H3,(H,24,27)(H,25,26)/b16-8+. The summed E-state index contributed by atoms with van der Waals surface area (Å²) in [5.41, 5.74) is 1.11. The van der Waals surface area contributed by atoms with Crippen LogP contribution in [0.3, 0.4) is 0 Å². The van der Waals surface area contributed by atoms with Crippen LogP contribution in [0.25, 0.3) is 6.08 Å². The van der Waals surface area contributed by atoms with Gasteiger partial charge in [0.1, 0.15) is 23.1 Å². The topological polar surface area (TPSA) is 127 Å². The largest absolute Gasteiger partial charge is 0.497 e. The Kier molecular flexibility index (Phi) is 8.28. The van der Waals surface area contributed by atoms with Gasteiger partial charge in [0, 0.05) is 18.2 Å². The van der Waals surface area contributed by atoms with Crippen molar-refractivity contribution >= 4 is 18.0 Å². The molecular formula is C22H22N2O7. The summed E-state index contributed by atoms with van der Waals surface area (Å²) >= 11 is 0. The van der Waals surface area contributed by atoms with Crippen molar-refractivity contribution in [2.75, 3.05) is 27.9 Å². The fraction of sp³-hybridized carbons (Fsp3) is 0.227. The summed E-state index contributed by atoms with van der Waals surface area (Å²) in [5, 5.41) is 20.8. The molecule has 0 aliphatic carbocycles. The summed E-state index contributed by atoms with van der Waals surface area (Å²) < 4.78 is 20.8. The maximum absolute atomic E-state index is 12.5. The van der Waals surface area contributed by atoms with Crippen LogP contribution in [0.4, 0.5) is 0 Å². The molecule has 0 bridgehead atoms. The molecule has 1 amide bonds. The fourth-order valence-electron chi connectivity index (χ4n) is 2.62. The van der Waals surface area contributed by atoms with Crippen LogP contribution in [0, 0.1) is 11.3 Å². The summed E-state index contributed by atoms with van der Waals surface area (Å²) in [6, 6.07) is 11.7. The number of carboxylic acid groups (broad SMARTS) is 1.